The molecular formula is C16H19N3O. The summed E-state index contributed by atoms with van der Waals surface area (Å²) in [5.74, 6) is 1.65. The molecule has 0 radical (unpaired) electrons. The highest BCUT2D eigenvalue weighted by Crippen LogP contribution is 2.24. The molecule has 0 unspecified atom stereocenters. The van der Waals surface area contributed by atoms with Gasteiger partial charge in [-0.3, -0.25) is 0 Å². The van der Waals surface area contributed by atoms with Crippen molar-refractivity contribution < 1.29 is 5.11 Å². The molecule has 1 atom stereocenters. The van der Waals surface area contributed by atoms with Crippen LogP contribution in [0.25, 0.3) is 11.4 Å². The predicted molar refractivity (Wildman–Crippen MR) is 79.8 cm³/mol. The number of benzene rings is 1. The number of aromatic nitrogens is 2. The molecule has 1 aliphatic heterocycles. The van der Waals surface area contributed by atoms with Crippen molar-refractivity contribution in [2.45, 2.75) is 26.4 Å². The average Bonchev–Trinajstić information content (AvgIpc) is 2.86. The van der Waals surface area contributed by atoms with Crippen LogP contribution >= 0.6 is 0 Å². The van der Waals surface area contributed by atoms with Gasteiger partial charge in [0, 0.05) is 24.8 Å². The van der Waals surface area contributed by atoms with Crippen molar-refractivity contribution in [1.82, 2.24) is 9.97 Å². The SMILES string of the molecule is Cc1ccc(-c2nccc(N3CC[C@H](O)C3)n2)c(C)c1. The lowest BCUT2D eigenvalue weighted by Crippen LogP contribution is -2.22. The first kappa shape index (κ1) is 13.1. The normalized spacial score (nSPS) is 18.6. The van der Waals surface area contributed by atoms with Crippen LogP contribution in [-0.2, 0) is 0 Å². The Labute approximate surface area is 119 Å². The monoisotopic (exact) mass is 269 g/mol. The molecule has 1 fully saturated rings. The van der Waals surface area contributed by atoms with Crippen LogP contribution in [0.2, 0.25) is 0 Å². The third-order valence-corrected chi connectivity index (χ3v) is 3.75. The van der Waals surface area contributed by atoms with Crippen LogP contribution in [0.1, 0.15) is 17.5 Å². The summed E-state index contributed by atoms with van der Waals surface area (Å²) in [6.07, 6.45) is 2.36. The summed E-state index contributed by atoms with van der Waals surface area (Å²) >= 11 is 0. The molecule has 3 rings (SSSR count). The van der Waals surface area contributed by atoms with Crippen molar-refractivity contribution in [3.8, 4) is 11.4 Å². The van der Waals surface area contributed by atoms with Gasteiger partial charge < -0.3 is 10.0 Å². The fourth-order valence-electron chi connectivity index (χ4n) is 2.67. The zero-order valence-electron chi connectivity index (χ0n) is 11.9. The predicted octanol–water partition coefficient (Wildman–Crippen LogP) is 2.33. The molecule has 1 aromatic carbocycles. The number of anilines is 1. The summed E-state index contributed by atoms with van der Waals surface area (Å²) in [6, 6.07) is 8.20. The molecule has 104 valence electrons. The first-order valence-corrected chi connectivity index (χ1v) is 6.97. The molecule has 20 heavy (non-hydrogen) atoms. The smallest absolute Gasteiger partial charge is 0.161 e. The Kier molecular flexibility index (Phi) is 3.40. The van der Waals surface area contributed by atoms with Gasteiger partial charge in [-0.2, -0.15) is 0 Å². The van der Waals surface area contributed by atoms with Gasteiger partial charge in [0.15, 0.2) is 5.82 Å². The third-order valence-electron chi connectivity index (χ3n) is 3.75. The average molecular weight is 269 g/mol. The molecule has 1 saturated heterocycles. The standard InChI is InChI=1S/C16H19N3O/c1-11-3-4-14(12(2)9-11)16-17-7-5-15(18-16)19-8-6-13(20)10-19/h3-5,7,9,13,20H,6,8,10H2,1-2H3/t13-/m0/s1. The van der Waals surface area contributed by atoms with Crippen molar-refractivity contribution in [2.75, 3.05) is 18.0 Å². The fraction of sp³-hybridized carbons (Fsp3) is 0.375. The summed E-state index contributed by atoms with van der Waals surface area (Å²) in [5.41, 5.74) is 3.49. The molecule has 2 aromatic rings. The highest BCUT2D eigenvalue weighted by atomic mass is 16.3. The maximum Gasteiger partial charge on any atom is 0.161 e. The second-order valence-corrected chi connectivity index (χ2v) is 5.45. The van der Waals surface area contributed by atoms with Gasteiger partial charge in [0.2, 0.25) is 0 Å². The highest BCUT2D eigenvalue weighted by Gasteiger charge is 2.21. The van der Waals surface area contributed by atoms with Crippen molar-refractivity contribution in [1.29, 1.82) is 0 Å². The van der Waals surface area contributed by atoms with Gasteiger partial charge in [0.25, 0.3) is 0 Å². The molecular weight excluding hydrogens is 250 g/mol. The van der Waals surface area contributed by atoms with Crippen LogP contribution in [-0.4, -0.2) is 34.3 Å². The first-order valence-electron chi connectivity index (χ1n) is 6.97. The summed E-state index contributed by atoms with van der Waals surface area (Å²) < 4.78 is 0. The van der Waals surface area contributed by atoms with E-state index in [0.717, 1.165) is 30.2 Å². The van der Waals surface area contributed by atoms with Gasteiger partial charge in [-0.05, 0) is 31.9 Å². The van der Waals surface area contributed by atoms with E-state index in [9.17, 15) is 5.11 Å². The number of aliphatic hydroxyl groups is 1. The number of rotatable bonds is 2. The molecule has 0 amide bonds. The number of β-amino-alcohol motifs (C(OH)–C–C–N with tert-alkyl or cyclic N) is 1. The number of hydrogen-bond acceptors (Lipinski definition) is 4. The van der Waals surface area contributed by atoms with E-state index < -0.39 is 0 Å². The van der Waals surface area contributed by atoms with E-state index in [1.807, 2.05) is 6.07 Å². The molecule has 1 aliphatic rings. The van der Waals surface area contributed by atoms with Gasteiger partial charge >= 0.3 is 0 Å². The Balaban J connectivity index is 1.95. The minimum atomic E-state index is -0.241. The van der Waals surface area contributed by atoms with E-state index in [1.165, 1.54) is 11.1 Å². The first-order chi connectivity index (χ1) is 9.63. The summed E-state index contributed by atoms with van der Waals surface area (Å²) in [6.45, 7) is 5.67. The van der Waals surface area contributed by atoms with Crippen LogP contribution in [0.5, 0.6) is 0 Å². The lowest BCUT2D eigenvalue weighted by molar-refractivity contribution is 0.198. The van der Waals surface area contributed by atoms with E-state index in [2.05, 4.69) is 46.9 Å². The van der Waals surface area contributed by atoms with E-state index in [-0.39, 0.29) is 6.10 Å². The van der Waals surface area contributed by atoms with Crippen LogP contribution in [0.3, 0.4) is 0 Å². The molecule has 0 aliphatic carbocycles. The van der Waals surface area contributed by atoms with Gasteiger partial charge in [-0.1, -0.05) is 23.8 Å². The Morgan fingerprint density at radius 1 is 1.25 bits per heavy atom. The Morgan fingerprint density at radius 2 is 2.10 bits per heavy atom. The van der Waals surface area contributed by atoms with Gasteiger partial charge in [0.1, 0.15) is 5.82 Å². The zero-order chi connectivity index (χ0) is 14.1. The van der Waals surface area contributed by atoms with Crippen LogP contribution in [0.15, 0.2) is 30.5 Å². The maximum absolute atomic E-state index is 9.64. The largest absolute Gasteiger partial charge is 0.391 e. The quantitative estimate of drug-likeness (QED) is 0.909. The Morgan fingerprint density at radius 3 is 2.80 bits per heavy atom. The highest BCUT2D eigenvalue weighted by molar-refractivity contribution is 5.62. The third kappa shape index (κ3) is 2.51. The van der Waals surface area contributed by atoms with Crippen LogP contribution in [0.4, 0.5) is 5.82 Å². The lowest BCUT2D eigenvalue weighted by atomic mass is 10.1. The van der Waals surface area contributed by atoms with E-state index in [1.54, 1.807) is 6.20 Å². The minimum Gasteiger partial charge on any atom is -0.391 e. The molecule has 0 saturated carbocycles. The molecule has 0 bridgehead atoms. The number of hydrogen-bond donors (Lipinski definition) is 1. The molecule has 1 aromatic heterocycles. The van der Waals surface area contributed by atoms with Crippen molar-refractivity contribution >= 4 is 5.82 Å². The van der Waals surface area contributed by atoms with Gasteiger partial charge in [0.05, 0.1) is 6.10 Å². The number of aliphatic hydroxyl groups excluding tert-OH is 1. The Hall–Kier alpha value is -1.94. The van der Waals surface area contributed by atoms with Gasteiger partial charge in [-0.25, -0.2) is 9.97 Å². The van der Waals surface area contributed by atoms with Crippen LogP contribution in [0, 0.1) is 13.8 Å². The Bertz CT molecular complexity index is 627. The lowest BCUT2D eigenvalue weighted by Gasteiger charge is -2.17. The fourth-order valence-corrected chi connectivity index (χ4v) is 2.67. The second kappa shape index (κ2) is 5.21. The zero-order valence-corrected chi connectivity index (χ0v) is 11.9. The summed E-state index contributed by atoms with van der Waals surface area (Å²) in [5, 5.41) is 9.64. The van der Waals surface area contributed by atoms with E-state index in [4.69, 9.17) is 0 Å². The number of nitrogens with zero attached hydrogens (tertiary/aromatic N) is 3. The van der Waals surface area contributed by atoms with E-state index >= 15 is 0 Å². The summed E-state index contributed by atoms with van der Waals surface area (Å²) in [4.78, 5) is 11.2. The minimum absolute atomic E-state index is 0.241. The van der Waals surface area contributed by atoms with Crippen molar-refractivity contribution in [2.24, 2.45) is 0 Å². The molecule has 2 heterocycles. The topological polar surface area (TPSA) is 49.2 Å². The maximum atomic E-state index is 9.64. The van der Waals surface area contributed by atoms with Crippen molar-refractivity contribution in [3.05, 3.63) is 41.6 Å². The molecule has 4 heteroatoms. The number of aryl methyl sites for hydroxylation is 2. The molecule has 1 N–H and O–H groups in total. The molecule has 0 spiro atoms. The van der Waals surface area contributed by atoms with Gasteiger partial charge in [-0.15, -0.1) is 0 Å². The molecule has 4 nitrogen and oxygen atoms in total. The van der Waals surface area contributed by atoms with Crippen molar-refractivity contribution in [3.63, 3.8) is 0 Å². The second-order valence-electron chi connectivity index (χ2n) is 5.45. The summed E-state index contributed by atoms with van der Waals surface area (Å²) in [7, 11) is 0. The van der Waals surface area contributed by atoms with E-state index in [0.29, 0.717) is 6.54 Å². The van der Waals surface area contributed by atoms with Crippen LogP contribution < -0.4 is 4.90 Å².